The van der Waals surface area contributed by atoms with Crippen LogP contribution in [0.3, 0.4) is 0 Å². The molecule has 0 fully saturated rings. The van der Waals surface area contributed by atoms with Gasteiger partial charge in [0.1, 0.15) is 0 Å². The van der Waals surface area contributed by atoms with Crippen LogP contribution in [0.5, 0.6) is 11.5 Å². The van der Waals surface area contributed by atoms with Crippen molar-refractivity contribution in [2.75, 3.05) is 18.7 Å². The van der Waals surface area contributed by atoms with Crippen molar-refractivity contribution < 1.29 is 28.6 Å². The van der Waals surface area contributed by atoms with Crippen molar-refractivity contribution in [1.29, 1.82) is 0 Å². The molecule has 2 aromatic carbocycles. The number of benzene rings is 2. The summed E-state index contributed by atoms with van der Waals surface area (Å²) >= 11 is 6.04. The number of carbonyl (C=O) groups is 3. The van der Waals surface area contributed by atoms with E-state index in [-0.39, 0.29) is 35.0 Å². The number of fused-ring (bicyclic) bond motifs is 1. The topological polar surface area (TPSA) is 90.9 Å². The van der Waals surface area contributed by atoms with Gasteiger partial charge in [-0.2, -0.15) is 0 Å². The first kappa shape index (κ1) is 19.7. The summed E-state index contributed by atoms with van der Waals surface area (Å²) in [6.45, 7) is 3.17. The van der Waals surface area contributed by atoms with Gasteiger partial charge in [-0.25, -0.2) is 4.79 Å². The predicted octanol–water partition coefficient (Wildman–Crippen LogP) is 3.70. The molecule has 1 heterocycles. The zero-order valence-corrected chi connectivity index (χ0v) is 16.0. The van der Waals surface area contributed by atoms with Crippen molar-refractivity contribution >= 4 is 34.9 Å². The van der Waals surface area contributed by atoms with Crippen LogP contribution < -0.4 is 14.8 Å². The number of nitrogens with one attached hydrogen (secondary N) is 1. The molecule has 0 aliphatic carbocycles. The van der Waals surface area contributed by atoms with Crippen LogP contribution in [0.15, 0.2) is 36.4 Å². The molecule has 0 spiro atoms. The number of anilines is 1. The fourth-order valence-electron chi connectivity index (χ4n) is 2.41. The standard InChI is InChI=1S/C20H18ClNO6/c1-11(2)19(24)22-14-5-3-12(4-6-14)16(23)9-26-20(25)13-7-15(21)18-17(8-13)27-10-28-18/h3-8,11H,9-10H2,1-2H3,(H,22,24). The van der Waals surface area contributed by atoms with Crippen molar-refractivity contribution in [3.63, 3.8) is 0 Å². The summed E-state index contributed by atoms with van der Waals surface area (Å²) in [7, 11) is 0. The second-order valence-electron chi connectivity index (χ2n) is 6.41. The van der Waals surface area contributed by atoms with E-state index in [0.29, 0.717) is 22.7 Å². The van der Waals surface area contributed by atoms with E-state index < -0.39 is 12.6 Å². The summed E-state index contributed by atoms with van der Waals surface area (Å²) in [5, 5.41) is 2.96. The second kappa shape index (κ2) is 8.31. The first-order chi connectivity index (χ1) is 13.3. The average molecular weight is 404 g/mol. The highest BCUT2D eigenvalue weighted by Crippen LogP contribution is 2.39. The fraction of sp³-hybridized carbons (Fsp3) is 0.250. The minimum atomic E-state index is -0.700. The van der Waals surface area contributed by atoms with Crippen molar-refractivity contribution in [1.82, 2.24) is 0 Å². The van der Waals surface area contributed by atoms with Crippen LogP contribution in [-0.4, -0.2) is 31.1 Å². The Morgan fingerprint density at radius 2 is 1.82 bits per heavy atom. The Labute approximate surface area is 166 Å². The van der Waals surface area contributed by atoms with Crippen LogP contribution in [0, 0.1) is 5.92 Å². The van der Waals surface area contributed by atoms with E-state index in [1.54, 1.807) is 38.1 Å². The number of esters is 1. The quantitative estimate of drug-likeness (QED) is 0.584. The Kier molecular flexibility index (Phi) is 5.84. The number of ketones is 1. The Balaban J connectivity index is 1.59. The lowest BCUT2D eigenvalue weighted by Crippen LogP contribution is -2.18. The molecule has 1 aliphatic heterocycles. The van der Waals surface area contributed by atoms with Crippen LogP contribution >= 0.6 is 11.6 Å². The zero-order chi connectivity index (χ0) is 20.3. The van der Waals surface area contributed by atoms with E-state index in [2.05, 4.69) is 5.32 Å². The first-order valence-corrected chi connectivity index (χ1v) is 8.93. The lowest BCUT2D eigenvalue weighted by Gasteiger charge is -2.09. The third-order valence-electron chi connectivity index (χ3n) is 4.00. The Morgan fingerprint density at radius 1 is 1.11 bits per heavy atom. The molecule has 1 N–H and O–H groups in total. The van der Waals surface area contributed by atoms with Crippen molar-refractivity contribution in [3.8, 4) is 11.5 Å². The molecule has 3 rings (SSSR count). The molecule has 1 aliphatic rings. The lowest BCUT2D eigenvalue weighted by molar-refractivity contribution is -0.118. The Bertz CT molecular complexity index is 923. The smallest absolute Gasteiger partial charge is 0.338 e. The van der Waals surface area contributed by atoms with Gasteiger partial charge in [0.2, 0.25) is 12.7 Å². The van der Waals surface area contributed by atoms with E-state index >= 15 is 0 Å². The SMILES string of the molecule is CC(C)C(=O)Nc1ccc(C(=O)COC(=O)c2cc(Cl)c3c(c2)OCO3)cc1. The number of halogens is 1. The van der Waals surface area contributed by atoms with Gasteiger partial charge in [0.05, 0.1) is 10.6 Å². The van der Waals surface area contributed by atoms with Crippen LogP contribution in [0.2, 0.25) is 5.02 Å². The zero-order valence-electron chi connectivity index (χ0n) is 15.3. The van der Waals surface area contributed by atoms with Crippen molar-refractivity contribution in [2.45, 2.75) is 13.8 Å². The molecular formula is C20H18ClNO6. The summed E-state index contributed by atoms with van der Waals surface area (Å²) in [5.41, 5.74) is 1.11. The minimum absolute atomic E-state index is 0.0274. The van der Waals surface area contributed by atoms with Gasteiger partial charge in [0.15, 0.2) is 23.9 Å². The number of amides is 1. The highest BCUT2D eigenvalue weighted by Gasteiger charge is 2.22. The van der Waals surface area contributed by atoms with Crippen molar-refractivity contribution in [2.24, 2.45) is 5.92 Å². The van der Waals surface area contributed by atoms with Crippen LogP contribution in [0.4, 0.5) is 5.69 Å². The summed E-state index contributed by atoms with van der Waals surface area (Å²) in [4.78, 5) is 36.1. The maximum Gasteiger partial charge on any atom is 0.338 e. The monoisotopic (exact) mass is 403 g/mol. The van der Waals surface area contributed by atoms with E-state index in [1.165, 1.54) is 12.1 Å². The molecule has 0 unspecified atom stereocenters. The van der Waals surface area contributed by atoms with Crippen LogP contribution in [0.25, 0.3) is 0 Å². The van der Waals surface area contributed by atoms with Gasteiger partial charge in [-0.15, -0.1) is 0 Å². The number of hydrogen-bond acceptors (Lipinski definition) is 6. The van der Waals surface area contributed by atoms with Gasteiger partial charge in [0.25, 0.3) is 0 Å². The molecule has 7 nitrogen and oxygen atoms in total. The molecule has 2 aromatic rings. The van der Waals surface area contributed by atoms with E-state index in [0.717, 1.165) is 0 Å². The molecule has 1 amide bonds. The minimum Gasteiger partial charge on any atom is -0.454 e. The van der Waals surface area contributed by atoms with Gasteiger partial charge < -0.3 is 19.5 Å². The Hall–Kier alpha value is -3.06. The molecule has 0 radical (unpaired) electrons. The third-order valence-corrected chi connectivity index (χ3v) is 4.28. The largest absolute Gasteiger partial charge is 0.454 e. The van der Waals surface area contributed by atoms with Gasteiger partial charge in [0, 0.05) is 17.2 Å². The average Bonchev–Trinajstić information content (AvgIpc) is 3.15. The van der Waals surface area contributed by atoms with Gasteiger partial charge in [-0.3, -0.25) is 9.59 Å². The number of rotatable bonds is 6. The summed E-state index contributed by atoms with van der Waals surface area (Å²) in [5.74, 6) is -0.610. The molecule has 0 aromatic heterocycles. The maximum absolute atomic E-state index is 12.2. The van der Waals surface area contributed by atoms with E-state index in [1.807, 2.05) is 0 Å². The molecular weight excluding hydrogens is 386 g/mol. The molecule has 0 atom stereocenters. The van der Waals surface area contributed by atoms with Crippen LogP contribution in [0.1, 0.15) is 34.6 Å². The van der Waals surface area contributed by atoms with E-state index in [9.17, 15) is 14.4 Å². The number of Topliss-reactive ketones (excluding diaryl/α,β-unsaturated/α-hetero) is 1. The number of hydrogen-bond donors (Lipinski definition) is 1. The first-order valence-electron chi connectivity index (χ1n) is 8.55. The number of ether oxygens (including phenoxy) is 3. The highest BCUT2D eigenvalue weighted by molar-refractivity contribution is 6.32. The lowest BCUT2D eigenvalue weighted by atomic mass is 10.1. The summed E-state index contributed by atoms with van der Waals surface area (Å²) in [6, 6.07) is 9.20. The molecule has 146 valence electrons. The molecule has 28 heavy (non-hydrogen) atoms. The van der Waals surface area contributed by atoms with Gasteiger partial charge >= 0.3 is 5.97 Å². The summed E-state index contributed by atoms with van der Waals surface area (Å²) < 4.78 is 15.5. The Morgan fingerprint density at radius 3 is 2.50 bits per heavy atom. The molecule has 0 saturated carbocycles. The molecule has 8 heteroatoms. The predicted molar refractivity (Wildman–Crippen MR) is 102 cm³/mol. The third kappa shape index (κ3) is 4.43. The maximum atomic E-state index is 12.2. The second-order valence-corrected chi connectivity index (χ2v) is 6.82. The van der Waals surface area contributed by atoms with Crippen LogP contribution in [-0.2, 0) is 9.53 Å². The number of carbonyl (C=O) groups excluding carboxylic acids is 3. The summed E-state index contributed by atoms with van der Waals surface area (Å²) in [6.07, 6.45) is 0. The van der Waals surface area contributed by atoms with Crippen molar-refractivity contribution in [3.05, 3.63) is 52.5 Å². The molecule has 0 saturated heterocycles. The normalized spacial score (nSPS) is 12.0. The highest BCUT2D eigenvalue weighted by atomic mass is 35.5. The van der Waals surface area contributed by atoms with E-state index in [4.69, 9.17) is 25.8 Å². The molecule has 0 bridgehead atoms. The van der Waals surface area contributed by atoms with Gasteiger partial charge in [-0.05, 0) is 36.4 Å². The van der Waals surface area contributed by atoms with Gasteiger partial charge in [-0.1, -0.05) is 25.4 Å². The fourth-order valence-corrected chi connectivity index (χ4v) is 2.67.